The third kappa shape index (κ3) is 6.22. The largest absolute Gasteiger partial charge is 0.313 e. The van der Waals surface area contributed by atoms with Crippen LogP contribution < -0.4 is 5.32 Å². The molecule has 0 saturated heterocycles. The maximum Gasteiger partial charge on any atom is 0.0208 e. The summed E-state index contributed by atoms with van der Waals surface area (Å²) in [5.41, 5.74) is 4.16. The van der Waals surface area contributed by atoms with Gasteiger partial charge in [-0.25, -0.2) is 0 Å². The van der Waals surface area contributed by atoms with Gasteiger partial charge in [0.15, 0.2) is 0 Å². The van der Waals surface area contributed by atoms with Gasteiger partial charge < -0.3 is 10.2 Å². The summed E-state index contributed by atoms with van der Waals surface area (Å²) in [7, 11) is 2.20. The molecule has 0 unspecified atom stereocenters. The van der Waals surface area contributed by atoms with Gasteiger partial charge in [-0.3, -0.25) is 0 Å². The van der Waals surface area contributed by atoms with Crippen molar-refractivity contribution < 1.29 is 0 Å². The fourth-order valence-electron chi connectivity index (χ4n) is 2.14. The van der Waals surface area contributed by atoms with Crippen LogP contribution in [0.25, 0.3) is 0 Å². The van der Waals surface area contributed by atoms with Crippen molar-refractivity contribution in [3.05, 3.63) is 34.9 Å². The maximum atomic E-state index is 3.55. The van der Waals surface area contributed by atoms with Gasteiger partial charge >= 0.3 is 0 Å². The summed E-state index contributed by atoms with van der Waals surface area (Å²) < 4.78 is 0. The minimum absolute atomic E-state index is 0.656. The van der Waals surface area contributed by atoms with E-state index < -0.39 is 0 Å². The predicted octanol–water partition coefficient (Wildman–Crippen LogP) is 3.51. The van der Waals surface area contributed by atoms with Gasteiger partial charge in [0.1, 0.15) is 0 Å². The number of nitrogens with zero attached hydrogens (tertiary/aromatic N) is 1. The number of benzene rings is 1. The van der Waals surface area contributed by atoms with E-state index in [1.807, 2.05) is 0 Å². The zero-order valence-electron chi connectivity index (χ0n) is 13.3. The Morgan fingerprint density at radius 2 is 1.89 bits per heavy atom. The summed E-state index contributed by atoms with van der Waals surface area (Å²) in [6.07, 6.45) is 2.52. The highest BCUT2D eigenvalue weighted by Gasteiger charge is 2.02. The first-order chi connectivity index (χ1) is 9.00. The average Bonchev–Trinajstić information content (AvgIpc) is 2.35. The summed E-state index contributed by atoms with van der Waals surface area (Å²) in [4.78, 5) is 2.41. The average molecular weight is 262 g/mol. The fraction of sp³-hybridized carbons (Fsp3) is 0.647. The Morgan fingerprint density at radius 1 is 1.16 bits per heavy atom. The van der Waals surface area contributed by atoms with Gasteiger partial charge in [-0.2, -0.15) is 0 Å². The molecule has 0 aliphatic carbocycles. The second kappa shape index (κ2) is 8.34. The van der Waals surface area contributed by atoms with E-state index in [2.05, 4.69) is 63.2 Å². The van der Waals surface area contributed by atoms with E-state index in [1.165, 1.54) is 36.1 Å². The molecule has 2 heteroatoms. The highest BCUT2D eigenvalue weighted by atomic mass is 15.1. The molecular weight excluding hydrogens is 232 g/mol. The van der Waals surface area contributed by atoms with Gasteiger partial charge in [0.05, 0.1) is 0 Å². The van der Waals surface area contributed by atoms with Crippen LogP contribution in [0, 0.1) is 13.8 Å². The fourth-order valence-corrected chi connectivity index (χ4v) is 2.14. The normalized spacial score (nSPS) is 11.5. The molecule has 0 saturated carbocycles. The van der Waals surface area contributed by atoms with Crippen LogP contribution in [0.1, 0.15) is 43.4 Å². The van der Waals surface area contributed by atoms with Gasteiger partial charge in [0, 0.05) is 12.6 Å². The Bertz CT molecular complexity index is 372. The lowest BCUT2D eigenvalue weighted by Gasteiger charge is -2.20. The first kappa shape index (κ1) is 16.2. The molecule has 108 valence electrons. The van der Waals surface area contributed by atoms with E-state index in [9.17, 15) is 0 Å². The van der Waals surface area contributed by atoms with E-state index >= 15 is 0 Å². The van der Waals surface area contributed by atoms with Gasteiger partial charge in [0.2, 0.25) is 0 Å². The molecule has 1 aromatic rings. The Hall–Kier alpha value is -0.860. The van der Waals surface area contributed by atoms with E-state index in [4.69, 9.17) is 0 Å². The highest BCUT2D eigenvalue weighted by Crippen LogP contribution is 2.10. The van der Waals surface area contributed by atoms with Crippen LogP contribution in [-0.2, 0) is 6.54 Å². The summed E-state index contributed by atoms with van der Waals surface area (Å²) in [5, 5.41) is 3.55. The maximum absolute atomic E-state index is 3.55. The van der Waals surface area contributed by atoms with Crippen molar-refractivity contribution in [2.75, 3.05) is 20.1 Å². The zero-order valence-corrected chi connectivity index (χ0v) is 13.3. The van der Waals surface area contributed by atoms with Gasteiger partial charge in [-0.05, 0) is 71.8 Å². The van der Waals surface area contributed by atoms with Crippen LogP contribution in [0.5, 0.6) is 0 Å². The number of aryl methyl sites for hydroxylation is 2. The van der Waals surface area contributed by atoms with Crippen molar-refractivity contribution in [2.24, 2.45) is 0 Å². The lowest BCUT2D eigenvalue weighted by Crippen LogP contribution is -2.27. The van der Waals surface area contributed by atoms with Crippen LogP contribution in [-0.4, -0.2) is 31.1 Å². The molecule has 0 aliphatic rings. The highest BCUT2D eigenvalue weighted by molar-refractivity contribution is 5.30. The Morgan fingerprint density at radius 3 is 2.53 bits per heavy atom. The van der Waals surface area contributed by atoms with E-state index in [-0.39, 0.29) is 0 Å². The smallest absolute Gasteiger partial charge is 0.0208 e. The summed E-state index contributed by atoms with van der Waals surface area (Å²) in [5.74, 6) is 0. The molecular formula is C17H30N2. The van der Waals surface area contributed by atoms with Crippen molar-refractivity contribution in [3.63, 3.8) is 0 Å². The van der Waals surface area contributed by atoms with Crippen LogP contribution in [0.3, 0.4) is 0 Å². The molecule has 0 amide bonds. The molecule has 1 N–H and O–H groups in total. The molecule has 0 bridgehead atoms. The van der Waals surface area contributed by atoms with Gasteiger partial charge in [-0.15, -0.1) is 0 Å². The first-order valence-corrected chi connectivity index (χ1v) is 7.48. The standard InChI is InChI=1S/C17H30N2/c1-14(2)19(5)11-7-6-10-18-13-17-9-8-15(3)12-16(17)4/h8-9,12,14,18H,6-7,10-11,13H2,1-5H3. The molecule has 2 nitrogen and oxygen atoms in total. The molecule has 0 radical (unpaired) electrons. The minimum atomic E-state index is 0.656. The predicted molar refractivity (Wildman–Crippen MR) is 84.6 cm³/mol. The van der Waals surface area contributed by atoms with Crippen LogP contribution in [0.2, 0.25) is 0 Å². The second-order valence-corrected chi connectivity index (χ2v) is 5.89. The van der Waals surface area contributed by atoms with Crippen molar-refractivity contribution in [1.82, 2.24) is 10.2 Å². The molecule has 19 heavy (non-hydrogen) atoms. The Labute approximate surface area is 119 Å². The van der Waals surface area contributed by atoms with Crippen molar-refractivity contribution >= 4 is 0 Å². The Balaban J connectivity index is 2.14. The molecule has 1 aromatic carbocycles. The SMILES string of the molecule is Cc1ccc(CNCCCCN(C)C(C)C)c(C)c1. The van der Waals surface area contributed by atoms with E-state index in [0.717, 1.165) is 13.1 Å². The lowest BCUT2D eigenvalue weighted by atomic mass is 10.1. The monoisotopic (exact) mass is 262 g/mol. The minimum Gasteiger partial charge on any atom is -0.313 e. The Kier molecular flexibility index (Phi) is 7.11. The third-order valence-corrected chi connectivity index (χ3v) is 3.81. The molecule has 0 aliphatic heterocycles. The van der Waals surface area contributed by atoms with Crippen LogP contribution >= 0.6 is 0 Å². The summed E-state index contributed by atoms with van der Waals surface area (Å²) in [6, 6.07) is 7.35. The zero-order chi connectivity index (χ0) is 14.3. The molecule has 0 atom stereocenters. The van der Waals surface area contributed by atoms with Gasteiger partial charge in [-0.1, -0.05) is 23.8 Å². The molecule has 0 spiro atoms. The van der Waals surface area contributed by atoms with Crippen molar-refractivity contribution in [3.8, 4) is 0 Å². The summed E-state index contributed by atoms with van der Waals surface area (Å²) in [6.45, 7) is 12.1. The van der Waals surface area contributed by atoms with Gasteiger partial charge in [0.25, 0.3) is 0 Å². The third-order valence-electron chi connectivity index (χ3n) is 3.81. The summed E-state index contributed by atoms with van der Waals surface area (Å²) >= 11 is 0. The molecule has 0 heterocycles. The van der Waals surface area contributed by atoms with E-state index in [1.54, 1.807) is 0 Å². The number of rotatable bonds is 8. The molecule has 0 fully saturated rings. The first-order valence-electron chi connectivity index (χ1n) is 7.48. The van der Waals surface area contributed by atoms with Crippen molar-refractivity contribution in [1.29, 1.82) is 0 Å². The topological polar surface area (TPSA) is 15.3 Å². The van der Waals surface area contributed by atoms with Crippen LogP contribution in [0.4, 0.5) is 0 Å². The van der Waals surface area contributed by atoms with Crippen LogP contribution in [0.15, 0.2) is 18.2 Å². The quantitative estimate of drug-likeness (QED) is 0.721. The molecule has 0 aromatic heterocycles. The number of hydrogen-bond donors (Lipinski definition) is 1. The number of hydrogen-bond acceptors (Lipinski definition) is 2. The van der Waals surface area contributed by atoms with E-state index in [0.29, 0.717) is 6.04 Å². The van der Waals surface area contributed by atoms with Crippen molar-refractivity contribution in [2.45, 2.75) is 53.1 Å². The number of unbranched alkanes of at least 4 members (excludes halogenated alkanes) is 1. The molecule has 1 rings (SSSR count). The lowest BCUT2D eigenvalue weighted by molar-refractivity contribution is 0.268. The number of nitrogens with one attached hydrogen (secondary N) is 1. The second-order valence-electron chi connectivity index (χ2n) is 5.89.